The SMILES string of the molecule is CN(CC1(CO)CCC1)C(=O)[C@@H]1CCCN(C2CCN(Cc3cccnc3)CC2)C1. The Balaban J connectivity index is 1.25. The Morgan fingerprint density at radius 3 is 2.67 bits per heavy atom. The Morgan fingerprint density at radius 1 is 1.23 bits per heavy atom. The van der Waals surface area contributed by atoms with E-state index in [0.29, 0.717) is 12.6 Å². The maximum Gasteiger partial charge on any atom is 0.226 e. The number of hydrogen-bond donors (Lipinski definition) is 1. The number of pyridine rings is 1. The monoisotopic (exact) mass is 414 g/mol. The molecule has 3 fully saturated rings. The van der Waals surface area contributed by atoms with Crippen LogP contribution >= 0.6 is 0 Å². The predicted octanol–water partition coefficient (Wildman–Crippen LogP) is 2.38. The van der Waals surface area contributed by atoms with Gasteiger partial charge in [-0.05, 0) is 69.8 Å². The molecule has 2 saturated heterocycles. The topological polar surface area (TPSA) is 59.9 Å². The van der Waals surface area contributed by atoms with E-state index in [-0.39, 0.29) is 23.8 Å². The second kappa shape index (κ2) is 9.75. The van der Waals surface area contributed by atoms with Crippen molar-refractivity contribution in [1.82, 2.24) is 19.7 Å². The summed E-state index contributed by atoms with van der Waals surface area (Å²) in [4.78, 5) is 24.4. The molecular formula is C24H38N4O2. The Bertz CT molecular complexity index is 680. The minimum atomic E-state index is -0.0279. The van der Waals surface area contributed by atoms with Crippen LogP contribution in [0, 0.1) is 11.3 Å². The molecule has 0 radical (unpaired) electrons. The Labute approximate surface area is 181 Å². The molecule has 1 aromatic rings. The number of aliphatic hydroxyl groups excluding tert-OH is 1. The first-order valence-electron chi connectivity index (χ1n) is 11.8. The first kappa shape index (κ1) is 21.7. The van der Waals surface area contributed by atoms with Crippen molar-refractivity contribution in [3.63, 3.8) is 0 Å². The maximum absolute atomic E-state index is 13.1. The van der Waals surface area contributed by atoms with Crippen LogP contribution < -0.4 is 0 Å². The van der Waals surface area contributed by atoms with E-state index in [2.05, 4.69) is 20.9 Å². The number of amides is 1. The standard InChI is InChI=1S/C24H38N4O2/c1-26(18-24(19-29)9-4-10-24)23(30)21-6-3-12-28(17-21)22-7-13-27(14-8-22)16-20-5-2-11-25-15-20/h2,5,11,15,21-22,29H,3-4,6-10,12-14,16-19H2,1H3/t21-/m1/s1. The van der Waals surface area contributed by atoms with E-state index >= 15 is 0 Å². The van der Waals surface area contributed by atoms with Gasteiger partial charge in [-0.15, -0.1) is 0 Å². The van der Waals surface area contributed by atoms with E-state index in [1.807, 2.05) is 30.4 Å². The molecule has 0 aromatic carbocycles. The molecule has 30 heavy (non-hydrogen) atoms. The lowest BCUT2D eigenvalue weighted by Crippen LogP contribution is -2.52. The Hall–Kier alpha value is -1.50. The molecule has 6 nitrogen and oxygen atoms in total. The summed E-state index contributed by atoms with van der Waals surface area (Å²) in [6, 6.07) is 4.77. The molecule has 6 heteroatoms. The van der Waals surface area contributed by atoms with Crippen molar-refractivity contribution in [1.29, 1.82) is 0 Å². The molecule has 0 unspecified atom stereocenters. The molecule has 3 aliphatic rings. The number of aromatic nitrogens is 1. The minimum Gasteiger partial charge on any atom is -0.396 e. The summed E-state index contributed by atoms with van der Waals surface area (Å²) < 4.78 is 0. The summed E-state index contributed by atoms with van der Waals surface area (Å²) in [5.74, 6) is 0.404. The second-order valence-electron chi connectivity index (χ2n) is 9.91. The van der Waals surface area contributed by atoms with Gasteiger partial charge in [-0.1, -0.05) is 12.5 Å². The van der Waals surface area contributed by atoms with Gasteiger partial charge in [0.05, 0.1) is 12.5 Å². The van der Waals surface area contributed by atoms with Crippen LogP contribution in [0.15, 0.2) is 24.5 Å². The van der Waals surface area contributed by atoms with Crippen molar-refractivity contribution in [2.75, 3.05) is 46.4 Å². The molecule has 4 rings (SSSR count). The molecule has 1 saturated carbocycles. The minimum absolute atomic E-state index is 0.0279. The van der Waals surface area contributed by atoms with E-state index in [1.54, 1.807) is 0 Å². The molecule has 0 spiro atoms. The molecule has 1 amide bonds. The van der Waals surface area contributed by atoms with Crippen molar-refractivity contribution in [2.24, 2.45) is 11.3 Å². The summed E-state index contributed by atoms with van der Waals surface area (Å²) in [6.07, 6.45) is 11.6. The number of aliphatic hydroxyl groups is 1. The summed E-state index contributed by atoms with van der Waals surface area (Å²) in [5, 5.41) is 9.75. The molecule has 1 aromatic heterocycles. The third-order valence-electron chi connectivity index (χ3n) is 7.70. The Kier molecular flexibility index (Phi) is 7.06. The van der Waals surface area contributed by atoms with Crippen LogP contribution in [-0.2, 0) is 11.3 Å². The fraction of sp³-hybridized carbons (Fsp3) is 0.750. The smallest absolute Gasteiger partial charge is 0.226 e. The van der Waals surface area contributed by atoms with Gasteiger partial charge in [-0.3, -0.25) is 19.6 Å². The summed E-state index contributed by atoms with van der Waals surface area (Å²) in [5.41, 5.74) is 1.26. The first-order chi connectivity index (χ1) is 14.6. The largest absolute Gasteiger partial charge is 0.396 e. The lowest BCUT2D eigenvalue weighted by atomic mass is 9.69. The van der Waals surface area contributed by atoms with Crippen LogP contribution in [-0.4, -0.2) is 83.1 Å². The van der Waals surface area contributed by atoms with Gasteiger partial charge in [0, 0.05) is 50.5 Å². The first-order valence-corrected chi connectivity index (χ1v) is 11.8. The molecular weight excluding hydrogens is 376 g/mol. The van der Waals surface area contributed by atoms with Crippen LogP contribution in [0.25, 0.3) is 0 Å². The van der Waals surface area contributed by atoms with E-state index in [9.17, 15) is 9.90 Å². The van der Waals surface area contributed by atoms with Gasteiger partial charge < -0.3 is 10.0 Å². The van der Waals surface area contributed by atoms with Gasteiger partial charge in [-0.2, -0.15) is 0 Å². The number of carbonyl (C=O) groups is 1. The molecule has 1 aliphatic carbocycles. The predicted molar refractivity (Wildman–Crippen MR) is 118 cm³/mol. The van der Waals surface area contributed by atoms with Crippen LogP contribution in [0.5, 0.6) is 0 Å². The van der Waals surface area contributed by atoms with Gasteiger partial charge in [-0.25, -0.2) is 0 Å². The van der Waals surface area contributed by atoms with Gasteiger partial charge >= 0.3 is 0 Å². The fourth-order valence-corrected chi connectivity index (χ4v) is 5.67. The van der Waals surface area contributed by atoms with Crippen molar-refractivity contribution in [3.8, 4) is 0 Å². The van der Waals surface area contributed by atoms with E-state index in [0.717, 1.165) is 58.4 Å². The van der Waals surface area contributed by atoms with E-state index in [4.69, 9.17) is 0 Å². The summed E-state index contributed by atoms with van der Waals surface area (Å²) >= 11 is 0. The lowest BCUT2D eigenvalue weighted by Gasteiger charge is -2.45. The zero-order chi connectivity index (χ0) is 21.0. The highest BCUT2D eigenvalue weighted by molar-refractivity contribution is 5.79. The number of likely N-dealkylation sites (tertiary alicyclic amines) is 2. The Morgan fingerprint density at radius 2 is 2.03 bits per heavy atom. The summed E-state index contributed by atoms with van der Waals surface area (Å²) in [7, 11) is 1.94. The molecule has 0 bridgehead atoms. The van der Waals surface area contributed by atoms with Crippen molar-refractivity contribution in [2.45, 2.75) is 57.5 Å². The number of nitrogens with zero attached hydrogens (tertiary/aromatic N) is 4. The zero-order valence-electron chi connectivity index (χ0n) is 18.5. The molecule has 1 N–H and O–H groups in total. The van der Waals surface area contributed by atoms with Gasteiger partial charge in [0.25, 0.3) is 0 Å². The molecule has 166 valence electrons. The van der Waals surface area contributed by atoms with Crippen LogP contribution in [0.2, 0.25) is 0 Å². The highest BCUT2D eigenvalue weighted by atomic mass is 16.3. The number of rotatable bonds is 7. The van der Waals surface area contributed by atoms with Gasteiger partial charge in [0.2, 0.25) is 5.91 Å². The van der Waals surface area contributed by atoms with Gasteiger partial charge in [0.15, 0.2) is 0 Å². The van der Waals surface area contributed by atoms with Crippen LogP contribution in [0.4, 0.5) is 0 Å². The highest BCUT2D eigenvalue weighted by Crippen LogP contribution is 2.41. The quantitative estimate of drug-likeness (QED) is 0.742. The molecule has 1 atom stereocenters. The summed E-state index contributed by atoms with van der Waals surface area (Å²) in [6.45, 7) is 6.18. The van der Waals surface area contributed by atoms with Crippen molar-refractivity contribution in [3.05, 3.63) is 30.1 Å². The van der Waals surface area contributed by atoms with Gasteiger partial charge in [0.1, 0.15) is 0 Å². The third-order valence-corrected chi connectivity index (χ3v) is 7.70. The molecule has 2 aliphatic heterocycles. The number of piperidine rings is 2. The van der Waals surface area contributed by atoms with E-state index < -0.39 is 0 Å². The number of carbonyl (C=O) groups excluding carboxylic acids is 1. The number of hydrogen-bond acceptors (Lipinski definition) is 5. The highest BCUT2D eigenvalue weighted by Gasteiger charge is 2.40. The normalized spacial score (nSPS) is 25.6. The third kappa shape index (κ3) is 5.04. The van der Waals surface area contributed by atoms with Crippen molar-refractivity contribution < 1.29 is 9.90 Å². The average Bonchev–Trinajstić information content (AvgIpc) is 2.77. The van der Waals surface area contributed by atoms with Crippen LogP contribution in [0.3, 0.4) is 0 Å². The maximum atomic E-state index is 13.1. The average molecular weight is 415 g/mol. The van der Waals surface area contributed by atoms with Crippen molar-refractivity contribution >= 4 is 5.91 Å². The van der Waals surface area contributed by atoms with E-state index in [1.165, 1.54) is 24.8 Å². The fourth-order valence-electron chi connectivity index (χ4n) is 5.67. The van der Waals surface area contributed by atoms with Crippen LogP contribution in [0.1, 0.15) is 50.5 Å². The lowest BCUT2D eigenvalue weighted by molar-refractivity contribution is -0.139. The molecule has 3 heterocycles. The second-order valence-corrected chi connectivity index (χ2v) is 9.91. The zero-order valence-corrected chi connectivity index (χ0v) is 18.5.